The highest BCUT2D eigenvalue weighted by atomic mass is 127. The molecule has 2 heterocycles. The molecule has 0 aliphatic carbocycles. The van der Waals surface area contributed by atoms with Crippen molar-refractivity contribution in [1.82, 2.24) is 25.8 Å². The molecule has 0 bridgehead atoms. The molecule has 7 nitrogen and oxygen atoms in total. The average Bonchev–Trinajstić information content (AvgIpc) is 3.21. The van der Waals surface area contributed by atoms with Gasteiger partial charge in [-0.05, 0) is 31.5 Å². The Morgan fingerprint density at radius 3 is 2.77 bits per heavy atom. The molecule has 2 N–H and O–H groups in total. The fourth-order valence-corrected chi connectivity index (χ4v) is 2.89. The van der Waals surface area contributed by atoms with Gasteiger partial charge < -0.3 is 15.2 Å². The van der Waals surface area contributed by atoms with Crippen LogP contribution in [0.1, 0.15) is 36.7 Å². The first-order chi connectivity index (χ1) is 14.2. The van der Waals surface area contributed by atoms with Crippen LogP contribution in [-0.4, -0.2) is 40.7 Å². The lowest BCUT2D eigenvalue weighted by molar-refractivity contribution is 0.421. The Kier molecular flexibility index (Phi) is 9.72. The highest BCUT2D eigenvalue weighted by Crippen LogP contribution is 2.16. The molecule has 3 aromatic rings. The van der Waals surface area contributed by atoms with Crippen molar-refractivity contribution in [3.05, 3.63) is 65.6 Å². The van der Waals surface area contributed by atoms with Crippen molar-refractivity contribution in [2.45, 2.75) is 33.1 Å². The molecule has 8 heteroatoms. The van der Waals surface area contributed by atoms with Crippen LogP contribution in [0, 0.1) is 6.92 Å². The summed E-state index contributed by atoms with van der Waals surface area (Å²) in [4.78, 5) is 13.4. The van der Waals surface area contributed by atoms with Gasteiger partial charge in [-0.1, -0.05) is 48.0 Å². The minimum absolute atomic E-state index is 0. The van der Waals surface area contributed by atoms with Gasteiger partial charge in [-0.15, -0.1) is 24.0 Å². The fraction of sp³-hybridized carbons (Fsp3) is 0.364. The Hall–Kier alpha value is -2.49. The quantitative estimate of drug-likeness (QED) is 0.266. The molecule has 2 aromatic heterocycles. The maximum absolute atomic E-state index is 5.30. The molecule has 0 saturated heterocycles. The number of nitrogens with zero attached hydrogens (tertiary/aromatic N) is 4. The van der Waals surface area contributed by atoms with Crippen LogP contribution in [0.15, 0.2) is 58.2 Å². The second-order valence-corrected chi connectivity index (χ2v) is 6.94. The lowest BCUT2D eigenvalue weighted by atomic mass is 10.00. The molecule has 1 atom stereocenters. The van der Waals surface area contributed by atoms with Crippen molar-refractivity contribution in [1.29, 1.82) is 0 Å². The molecule has 3 rings (SSSR count). The number of rotatable bonds is 8. The normalized spacial score (nSPS) is 12.2. The number of halogens is 1. The maximum atomic E-state index is 5.30. The van der Waals surface area contributed by atoms with E-state index in [-0.39, 0.29) is 24.0 Å². The van der Waals surface area contributed by atoms with Gasteiger partial charge in [0.05, 0.1) is 0 Å². The van der Waals surface area contributed by atoms with Crippen molar-refractivity contribution < 1.29 is 4.52 Å². The Balaban J connectivity index is 0.00000320. The first-order valence-electron chi connectivity index (χ1n) is 9.98. The number of hydrogen-bond acceptors (Lipinski definition) is 5. The molecule has 0 fully saturated rings. The predicted octanol–water partition coefficient (Wildman–Crippen LogP) is 3.96. The van der Waals surface area contributed by atoms with Gasteiger partial charge in [0, 0.05) is 38.2 Å². The van der Waals surface area contributed by atoms with E-state index in [1.165, 1.54) is 11.1 Å². The number of hydrogen-bond donors (Lipinski definition) is 2. The largest absolute Gasteiger partial charge is 0.357 e. The molecule has 0 aliphatic rings. The standard InChI is InChI=1S/C22H28N6O.HI/c1-4-23-22(26-15-17(3)18-9-7-8-16(2)14-18)25-13-11-20-27-21(29-28-20)19-10-5-6-12-24-19;/h5-10,12,14,17H,4,11,13,15H2,1-3H3,(H2,23,25,26);1H. The van der Waals surface area contributed by atoms with Gasteiger partial charge in [0.25, 0.3) is 5.89 Å². The fourth-order valence-electron chi connectivity index (χ4n) is 2.89. The molecular formula is C22H29IN6O. The van der Waals surface area contributed by atoms with Gasteiger partial charge >= 0.3 is 0 Å². The second kappa shape index (κ2) is 12.3. The van der Waals surface area contributed by atoms with Crippen LogP contribution in [-0.2, 0) is 6.42 Å². The van der Waals surface area contributed by atoms with Gasteiger partial charge in [0.15, 0.2) is 11.8 Å². The van der Waals surface area contributed by atoms with E-state index in [0.29, 0.717) is 42.8 Å². The third-order valence-corrected chi connectivity index (χ3v) is 4.47. The van der Waals surface area contributed by atoms with E-state index in [4.69, 9.17) is 9.52 Å². The third-order valence-electron chi connectivity index (χ3n) is 4.47. The average molecular weight is 520 g/mol. The van der Waals surface area contributed by atoms with E-state index in [1.807, 2.05) is 18.2 Å². The predicted molar refractivity (Wildman–Crippen MR) is 130 cm³/mol. The summed E-state index contributed by atoms with van der Waals surface area (Å²) in [7, 11) is 0. The van der Waals surface area contributed by atoms with Gasteiger partial charge in [-0.3, -0.25) is 9.98 Å². The van der Waals surface area contributed by atoms with Crippen LogP contribution >= 0.6 is 24.0 Å². The molecule has 0 saturated carbocycles. The van der Waals surface area contributed by atoms with E-state index in [1.54, 1.807) is 6.20 Å². The zero-order valence-electron chi connectivity index (χ0n) is 17.6. The highest BCUT2D eigenvalue weighted by Gasteiger charge is 2.10. The lowest BCUT2D eigenvalue weighted by Crippen LogP contribution is -2.38. The van der Waals surface area contributed by atoms with Crippen molar-refractivity contribution >= 4 is 29.9 Å². The Labute approximate surface area is 194 Å². The number of aliphatic imine (C=N–C) groups is 1. The molecule has 0 amide bonds. The van der Waals surface area contributed by atoms with Gasteiger partial charge in [0.2, 0.25) is 0 Å². The molecule has 0 spiro atoms. The van der Waals surface area contributed by atoms with E-state index >= 15 is 0 Å². The summed E-state index contributed by atoms with van der Waals surface area (Å²) in [6.45, 7) is 8.54. The summed E-state index contributed by atoms with van der Waals surface area (Å²) in [6, 6.07) is 14.2. The molecular weight excluding hydrogens is 491 g/mol. The maximum Gasteiger partial charge on any atom is 0.276 e. The zero-order valence-corrected chi connectivity index (χ0v) is 20.0. The summed E-state index contributed by atoms with van der Waals surface area (Å²) in [6.07, 6.45) is 2.34. The topological polar surface area (TPSA) is 88.2 Å². The second-order valence-electron chi connectivity index (χ2n) is 6.94. The van der Waals surface area contributed by atoms with Crippen molar-refractivity contribution in [2.24, 2.45) is 4.99 Å². The summed E-state index contributed by atoms with van der Waals surface area (Å²) in [5, 5.41) is 10.7. The minimum Gasteiger partial charge on any atom is -0.357 e. The monoisotopic (exact) mass is 520 g/mol. The van der Waals surface area contributed by atoms with Crippen LogP contribution in [0.4, 0.5) is 0 Å². The molecule has 30 heavy (non-hydrogen) atoms. The third kappa shape index (κ3) is 7.08. The highest BCUT2D eigenvalue weighted by molar-refractivity contribution is 14.0. The van der Waals surface area contributed by atoms with Crippen molar-refractivity contribution in [3.8, 4) is 11.6 Å². The SMILES string of the molecule is CCNC(=NCC(C)c1cccc(C)c1)NCCc1noc(-c2ccccn2)n1.I. The van der Waals surface area contributed by atoms with Crippen LogP contribution in [0.25, 0.3) is 11.6 Å². The number of guanidine groups is 1. The molecule has 0 radical (unpaired) electrons. The van der Waals surface area contributed by atoms with Gasteiger partial charge in [-0.2, -0.15) is 4.98 Å². The van der Waals surface area contributed by atoms with E-state index < -0.39 is 0 Å². The van der Waals surface area contributed by atoms with Crippen LogP contribution in [0.3, 0.4) is 0 Å². The summed E-state index contributed by atoms with van der Waals surface area (Å²) >= 11 is 0. The molecule has 1 aromatic carbocycles. The summed E-state index contributed by atoms with van der Waals surface area (Å²) < 4.78 is 5.30. The Morgan fingerprint density at radius 1 is 1.17 bits per heavy atom. The number of benzene rings is 1. The zero-order chi connectivity index (χ0) is 20.5. The van der Waals surface area contributed by atoms with Gasteiger partial charge in [0.1, 0.15) is 5.69 Å². The smallest absolute Gasteiger partial charge is 0.276 e. The molecule has 160 valence electrons. The van der Waals surface area contributed by atoms with Crippen molar-refractivity contribution in [2.75, 3.05) is 19.6 Å². The number of pyridine rings is 1. The molecule has 1 unspecified atom stereocenters. The summed E-state index contributed by atoms with van der Waals surface area (Å²) in [5.74, 6) is 2.22. The van der Waals surface area contributed by atoms with Gasteiger partial charge in [-0.25, -0.2) is 0 Å². The first kappa shape index (κ1) is 23.8. The van der Waals surface area contributed by atoms with Crippen molar-refractivity contribution in [3.63, 3.8) is 0 Å². The molecule has 0 aliphatic heterocycles. The number of aryl methyl sites for hydroxylation is 1. The number of aromatic nitrogens is 3. The van der Waals surface area contributed by atoms with Crippen LogP contribution < -0.4 is 10.6 Å². The van der Waals surface area contributed by atoms with Crippen LogP contribution in [0.5, 0.6) is 0 Å². The Morgan fingerprint density at radius 2 is 2.03 bits per heavy atom. The summed E-state index contributed by atoms with van der Waals surface area (Å²) in [5.41, 5.74) is 3.26. The lowest BCUT2D eigenvalue weighted by Gasteiger charge is -2.13. The minimum atomic E-state index is 0. The van der Waals surface area contributed by atoms with E-state index in [2.05, 4.69) is 70.8 Å². The Bertz CT molecular complexity index is 928. The van der Waals surface area contributed by atoms with E-state index in [9.17, 15) is 0 Å². The van der Waals surface area contributed by atoms with E-state index in [0.717, 1.165) is 12.5 Å². The first-order valence-corrected chi connectivity index (χ1v) is 9.98. The number of nitrogens with one attached hydrogen (secondary N) is 2. The van der Waals surface area contributed by atoms with Crippen LogP contribution in [0.2, 0.25) is 0 Å².